The van der Waals surface area contributed by atoms with Crippen LogP contribution in [-0.2, 0) is 6.54 Å². The maximum absolute atomic E-state index is 5.98. The monoisotopic (exact) mass is 370 g/mol. The van der Waals surface area contributed by atoms with Crippen LogP contribution in [0, 0.1) is 0 Å². The average Bonchev–Trinajstić information content (AvgIpc) is 3.15. The van der Waals surface area contributed by atoms with Crippen molar-refractivity contribution in [2.75, 3.05) is 11.9 Å². The Morgan fingerprint density at radius 2 is 1.85 bits per heavy atom. The highest BCUT2D eigenvalue weighted by Crippen LogP contribution is 2.25. The van der Waals surface area contributed by atoms with Gasteiger partial charge in [0.1, 0.15) is 11.5 Å². The highest BCUT2D eigenvalue weighted by molar-refractivity contribution is 7.80. The summed E-state index contributed by atoms with van der Waals surface area (Å²) in [6.45, 7) is 3.29. The Morgan fingerprint density at radius 1 is 1.08 bits per heavy atom. The van der Waals surface area contributed by atoms with Crippen molar-refractivity contribution < 1.29 is 9.47 Å². The fourth-order valence-electron chi connectivity index (χ4n) is 3.09. The maximum Gasteiger partial charge on any atom is 0.171 e. The van der Waals surface area contributed by atoms with Gasteiger partial charge >= 0.3 is 0 Å². The van der Waals surface area contributed by atoms with Gasteiger partial charge in [-0.2, -0.15) is 0 Å². The molecule has 5 heteroatoms. The molecular formula is C21H26N2O2S. The predicted molar refractivity (Wildman–Crippen MR) is 110 cm³/mol. The molecular weight excluding hydrogens is 344 g/mol. The zero-order valence-corrected chi connectivity index (χ0v) is 16.0. The van der Waals surface area contributed by atoms with Gasteiger partial charge in [0.2, 0.25) is 0 Å². The van der Waals surface area contributed by atoms with Crippen LogP contribution in [-0.4, -0.2) is 17.8 Å². The Hall–Kier alpha value is -2.27. The molecule has 0 aliphatic heterocycles. The number of anilines is 1. The van der Waals surface area contributed by atoms with Crippen LogP contribution >= 0.6 is 12.2 Å². The van der Waals surface area contributed by atoms with Crippen molar-refractivity contribution in [1.82, 2.24) is 5.32 Å². The molecule has 0 atom stereocenters. The Bertz CT molecular complexity index is 712. The Balaban J connectivity index is 1.46. The summed E-state index contributed by atoms with van der Waals surface area (Å²) >= 11 is 5.38. The number of hydrogen-bond acceptors (Lipinski definition) is 3. The zero-order valence-electron chi connectivity index (χ0n) is 15.2. The molecule has 0 spiro atoms. The van der Waals surface area contributed by atoms with Crippen LogP contribution in [0.15, 0.2) is 48.5 Å². The van der Waals surface area contributed by atoms with E-state index in [2.05, 4.69) is 10.6 Å². The van der Waals surface area contributed by atoms with Crippen LogP contribution in [0.3, 0.4) is 0 Å². The van der Waals surface area contributed by atoms with Gasteiger partial charge < -0.3 is 20.1 Å². The second-order valence-corrected chi connectivity index (χ2v) is 6.85. The standard InChI is InChI=1S/C21H26N2O2S/c1-2-24-20-9-5-6-16(14-20)15-22-21(26)23-17-10-12-19(13-11-17)25-18-7-3-4-8-18/h5-6,9-14,18H,2-4,7-8,15H2,1H3,(H2,22,23,26). The van der Waals surface area contributed by atoms with Crippen LogP contribution in [0.1, 0.15) is 38.2 Å². The van der Waals surface area contributed by atoms with Crippen molar-refractivity contribution in [3.63, 3.8) is 0 Å². The third-order valence-electron chi connectivity index (χ3n) is 4.38. The molecule has 138 valence electrons. The summed E-state index contributed by atoms with van der Waals surface area (Å²) in [5.41, 5.74) is 2.07. The highest BCUT2D eigenvalue weighted by atomic mass is 32.1. The van der Waals surface area contributed by atoms with Crippen molar-refractivity contribution in [2.24, 2.45) is 0 Å². The number of nitrogens with one attached hydrogen (secondary N) is 2. The van der Waals surface area contributed by atoms with Crippen LogP contribution in [0.2, 0.25) is 0 Å². The van der Waals surface area contributed by atoms with E-state index in [0.717, 1.165) is 22.7 Å². The van der Waals surface area contributed by atoms with Crippen LogP contribution < -0.4 is 20.1 Å². The minimum atomic E-state index is 0.379. The molecule has 0 heterocycles. The van der Waals surface area contributed by atoms with Crippen LogP contribution in [0.25, 0.3) is 0 Å². The molecule has 1 saturated carbocycles. The van der Waals surface area contributed by atoms with E-state index in [0.29, 0.717) is 24.4 Å². The lowest BCUT2D eigenvalue weighted by Gasteiger charge is -2.14. The third kappa shape index (κ3) is 5.63. The van der Waals surface area contributed by atoms with E-state index in [-0.39, 0.29) is 0 Å². The van der Waals surface area contributed by atoms with Gasteiger partial charge in [0.15, 0.2) is 5.11 Å². The number of hydrogen-bond donors (Lipinski definition) is 2. The lowest BCUT2D eigenvalue weighted by Crippen LogP contribution is -2.27. The van der Waals surface area contributed by atoms with Gasteiger partial charge in [-0.3, -0.25) is 0 Å². The molecule has 0 saturated heterocycles. The minimum Gasteiger partial charge on any atom is -0.494 e. The Kier molecular flexibility index (Phi) is 6.72. The van der Waals surface area contributed by atoms with E-state index in [1.165, 1.54) is 25.7 Å². The lowest BCUT2D eigenvalue weighted by molar-refractivity contribution is 0.210. The minimum absolute atomic E-state index is 0.379. The number of ether oxygens (including phenoxy) is 2. The fourth-order valence-corrected chi connectivity index (χ4v) is 3.28. The normalized spacial score (nSPS) is 14.0. The quantitative estimate of drug-likeness (QED) is 0.679. The molecule has 1 aliphatic carbocycles. The van der Waals surface area contributed by atoms with E-state index in [9.17, 15) is 0 Å². The number of rotatable bonds is 7. The molecule has 1 aliphatic rings. The summed E-state index contributed by atoms with van der Waals surface area (Å²) in [6, 6.07) is 16.0. The maximum atomic E-state index is 5.98. The van der Waals surface area contributed by atoms with E-state index < -0.39 is 0 Å². The summed E-state index contributed by atoms with van der Waals surface area (Å²) in [5, 5.41) is 7.02. The molecule has 0 aromatic heterocycles. The zero-order chi connectivity index (χ0) is 18.2. The van der Waals surface area contributed by atoms with Gasteiger partial charge in [-0.05, 0) is 86.8 Å². The first kappa shape index (κ1) is 18.5. The van der Waals surface area contributed by atoms with Gasteiger partial charge in [0.05, 0.1) is 12.7 Å². The molecule has 3 rings (SSSR count). The molecule has 0 radical (unpaired) electrons. The summed E-state index contributed by atoms with van der Waals surface area (Å²) < 4.78 is 11.5. The largest absolute Gasteiger partial charge is 0.494 e. The highest BCUT2D eigenvalue weighted by Gasteiger charge is 2.16. The summed E-state index contributed by atoms with van der Waals surface area (Å²) in [7, 11) is 0. The summed E-state index contributed by atoms with van der Waals surface area (Å²) in [4.78, 5) is 0. The molecule has 4 nitrogen and oxygen atoms in total. The van der Waals surface area contributed by atoms with Crippen molar-refractivity contribution in [3.8, 4) is 11.5 Å². The first-order valence-electron chi connectivity index (χ1n) is 9.26. The molecule has 0 bridgehead atoms. The van der Waals surface area contributed by atoms with Gasteiger partial charge in [-0.1, -0.05) is 12.1 Å². The van der Waals surface area contributed by atoms with E-state index in [4.69, 9.17) is 21.7 Å². The Labute approximate surface area is 160 Å². The lowest BCUT2D eigenvalue weighted by atomic mass is 10.2. The third-order valence-corrected chi connectivity index (χ3v) is 4.63. The fraction of sp³-hybridized carbons (Fsp3) is 0.381. The van der Waals surface area contributed by atoms with Gasteiger partial charge in [-0.15, -0.1) is 0 Å². The van der Waals surface area contributed by atoms with E-state index in [1.54, 1.807) is 0 Å². The van der Waals surface area contributed by atoms with E-state index in [1.807, 2.05) is 55.5 Å². The van der Waals surface area contributed by atoms with Gasteiger partial charge in [0.25, 0.3) is 0 Å². The molecule has 2 aromatic rings. The number of thiocarbonyl (C=S) groups is 1. The SMILES string of the molecule is CCOc1cccc(CNC(=S)Nc2ccc(OC3CCCC3)cc2)c1. The molecule has 2 aromatic carbocycles. The van der Waals surface area contributed by atoms with Gasteiger partial charge in [-0.25, -0.2) is 0 Å². The molecule has 1 fully saturated rings. The first-order chi connectivity index (χ1) is 12.7. The van der Waals surface area contributed by atoms with Crippen LogP contribution in [0.4, 0.5) is 5.69 Å². The van der Waals surface area contributed by atoms with E-state index >= 15 is 0 Å². The van der Waals surface area contributed by atoms with Gasteiger partial charge in [0, 0.05) is 12.2 Å². The predicted octanol–water partition coefficient (Wildman–Crippen LogP) is 4.89. The molecule has 2 N–H and O–H groups in total. The summed E-state index contributed by atoms with van der Waals surface area (Å²) in [6.07, 6.45) is 5.26. The topological polar surface area (TPSA) is 42.5 Å². The Morgan fingerprint density at radius 3 is 2.58 bits per heavy atom. The smallest absolute Gasteiger partial charge is 0.171 e. The molecule has 0 unspecified atom stereocenters. The van der Waals surface area contributed by atoms with Crippen LogP contribution in [0.5, 0.6) is 11.5 Å². The number of benzene rings is 2. The summed E-state index contributed by atoms with van der Waals surface area (Å²) in [5.74, 6) is 1.80. The average molecular weight is 371 g/mol. The molecule has 0 amide bonds. The first-order valence-corrected chi connectivity index (χ1v) is 9.67. The second kappa shape index (κ2) is 9.43. The van der Waals surface area contributed by atoms with Crippen molar-refractivity contribution in [1.29, 1.82) is 0 Å². The van der Waals surface area contributed by atoms with Crippen molar-refractivity contribution in [2.45, 2.75) is 45.3 Å². The molecule has 26 heavy (non-hydrogen) atoms. The second-order valence-electron chi connectivity index (χ2n) is 6.44. The van der Waals surface area contributed by atoms with Crippen molar-refractivity contribution >= 4 is 23.0 Å². The van der Waals surface area contributed by atoms with Crippen molar-refractivity contribution in [3.05, 3.63) is 54.1 Å².